The van der Waals surface area contributed by atoms with Crippen LogP contribution in [-0.2, 0) is 17.6 Å². The van der Waals surface area contributed by atoms with Gasteiger partial charge in [-0.25, -0.2) is 4.85 Å². The van der Waals surface area contributed by atoms with E-state index in [-0.39, 0.29) is 6.79 Å². The highest BCUT2D eigenvalue weighted by Crippen LogP contribution is 2.38. The first kappa shape index (κ1) is 16.7. The van der Waals surface area contributed by atoms with Crippen LogP contribution in [0.4, 0.5) is 5.69 Å². The standard InChI is InChI=1S/C18H18ClN3O2/c1-3-23-11-24-16-10-12(20-2)8-9-15(16)17-13-6-4-5-7-14(13)18(19)22-21-17/h8-10H,3-7,11H2,1H3. The number of aromatic nitrogens is 2. The van der Waals surface area contributed by atoms with Gasteiger partial charge in [-0.05, 0) is 49.8 Å². The summed E-state index contributed by atoms with van der Waals surface area (Å²) in [4.78, 5) is 3.47. The molecule has 3 rings (SSSR count). The molecule has 0 bridgehead atoms. The number of fused-ring (bicyclic) bond motifs is 1. The zero-order valence-corrected chi connectivity index (χ0v) is 14.3. The molecule has 124 valence electrons. The van der Waals surface area contributed by atoms with Crippen LogP contribution in [-0.4, -0.2) is 23.6 Å². The van der Waals surface area contributed by atoms with Crippen LogP contribution in [0.5, 0.6) is 5.75 Å². The number of hydrogen-bond acceptors (Lipinski definition) is 4. The van der Waals surface area contributed by atoms with Crippen LogP contribution in [0.2, 0.25) is 5.15 Å². The molecule has 6 heteroatoms. The van der Waals surface area contributed by atoms with Gasteiger partial charge in [0.05, 0.1) is 6.57 Å². The third kappa shape index (κ3) is 3.35. The molecular formula is C18H18ClN3O2. The summed E-state index contributed by atoms with van der Waals surface area (Å²) in [6, 6.07) is 5.34. The van der Waals surface area contributed by atoms with Crippen LogP contribution in [0.3, 0.4) is 0 Å². The Bertz CT molecular complexity index is 787. The second-order valence-electron chi connectivity index (χ2n) is 5.55. The summed E-state index contributed by atoms with van der Waals surface area (Å²) in [6.45, 7) is 9.80. The van der Waals surface area contributed by atoms with Crippen molar-refractivity contribution in [1.29, 1.82) is 0 Å². The molecule has 2 aromatic rings. The largest absolute Gasteiger partial charge is 0.468 e. The van der Waals surface area contributed by atoms with Gasteiger partial charge >= 0.3 is 0 Å². The van der Waals surface area contributed by atoms with Gasteiger partial charge in [0.2, 0.25) is 0 Å². The highest BCUT2D eigenvalue weighted by molar-refractivity contribution is 6.30. The van der Waals surface area contributed by atoms with E-state index in [1.807, 2.05) is 13.0 Å². The summed E-state index contributed by atoms with van der Waals surface area (Å²) < 4.78 is 11.0. The quantitative estimate of drug-likeness (QED) is 0.452. The summed E-state index contributed by atoms with van der Waals surface area (Å²) in [5.41, 5.74) is 4.35. The Balaban J connectivity index is 2.07. The van der Waals surface area contributed by atoms with Gasteiger partial charge in [0.25, 0.3) is 0 Å². The van der Waals surface area contributed by atoms with E-state index in [0.29, 0.717) is 23.2 Å². The number of ether oxygens (including phenoxy) is 2. The molecular weight excluding hydrogens is 326 g/mol. The number of hydrogen-bond donors (Lipinski definition) is 0. The lowest BCUT2D eigenvalue weighted by molar-refractivity contribution is 0.0228. The van der Waals surface area contributed by atoms with Crippen LogP contribution in [0.15, 0.2) is 18.2 Å². The van der Waals surface area contributed by atoms with E-state index in [1.54, 1.807) is 12.1 Å². The van der Waals surface area contributed by atoms with E-state index in [1.165, 1.54) is 0 Å². The Morgan fingerprint density at radius 1 is 1.21 bits per heavy atom. The predicted molar refractivity (Wildman–Crippen MR) is 92.5 cm³/mol. The molecule has 0 spiro atoms. The molecule has 1 aliphatic rings. The maximum atomic E-state index is 7.20. The van der Waals surface area contributed by atoms with E-state index in [0.717, 1.165) is 48.1 Å². The van der Waals surface area contributed by atoms with Gasteiger partial charge in [-0.15, -0.1) is 10.2 Å². The van der Waals surface area contributed by atoms with Gasteiger partial charge in [0.1, 0.15) is 11.4 Å². The van der Waals surface area contributed by atoms with Gasteiger partial charge in [-0.1, -0.05) is 23.7 Å². The number of halogens is 1. The summed E-state index contributed by atoms with van der Waals surface area (Å²) in [7, 11) is 0. The van der Waals surface area contributed by atoms with Crippen molar-refractivity contribution in [1.82, 2.24) is 10.2 Å². The monoisotopic (exact) mass is 343 g/mol. The fourth-order valence-electron chi connectivity index (χ4n) is 2.91. The molecule has 0 saturated heterocycles. The first-order chi connectivity index (χ1) is 11.7. The summed E-state index contributed by atoms with van der Waals surface area (Å²) in [6.07, 6.45) is 4.07. The average molecular weight is 344 g/mol. The third-order valence-electron chi connectivity index (χ3n) is 4.09. The van der Waals surface area contributed by atoms with Crippen molar-refractivity contribution >= 4 is 17.3 Å². The molecule has 5 nitrogen and oxygen atoms in total. The van der Waals surface area contributed by atoms with Crippen LogP contribution in [0, 0.1) is 6.57 Å². The Morgan fingerprint density at radius 3 is 2.75 bits per heavy atom. The second-order valence-corrected chi connectivity index (χ2v) is 5.91. The lowest BCUT2D eigenvalue weighted by Crippen LogP contribution is -2.10. The summed E-state index contributed by atoms with van der Waals surface area (Å²) >= 11 is 6.23. The molecule has 0 amide bonds. The molecule has 0 radical (unpaired) electrons. The van der Waals surface area contributed by atoms with Gasteiger partial charge in [-0.2, -0.15) is 0 Å². The number of rotatable bonds is 5. The van der Waals surface area contributed by atoms with Gasteiger partial charge in [-0.3, -0.25) is 0 Å². The van der Waals surface area contributed by atoms with Crippen molar-refractivity contribution in [3.05, 3.63) is 45.9 Å². The van der Waals surface area contributed by atoms with Crippen molar-refractivity contribution in [2.24, 2.45) is 0 Å². The molecule has 0 atom stereocenters. The van der Waals surface area contributed by atoms with Gasteiger partial charge in [0.15, 0.2) is 17.6 Å². The van der Waals surface area contributed by atoms with Crippen molar-refractivity contribution < 1.29 is 9.47 Å². The molecule has 0 aliphatic heterocycles. The van der Waals surface area contributed by atoms with E-state index in [2.05, 4.69) is 15.0 Å². The van der Waals surface area contributed by atoms with Crippen LogP contribution in [0.25, 0.3) is 16.1 Å². The SMILES string of the molecule is [C-]#[N+]c1ccc(-c2nnc(Cl)c3c2CCCC3)c(OCOCC)c1. The van der Waals surface area contributed by atoms with Crippen molar-refractivity contribution in [3.63, 3.8) is 0 Å². The van der Waals surface area contributed by atoms with Crippen molar-refractivity contribution in [2.75, 3.05) is 13.4 Å². The minimum atomic E-state index is 0.133. The predicted octanol–water partition coefficient (Wildman–Crippen LogP) is 4.60. The van der Waals surface area contributed by atoms with Crippen LogP contribution >= 0.6 is 11.6 Å². The lowest BCUT2D eigenvalue weighted by Gasteiger charge is -2.20. The Morgan fingerprint density at radius 2 is 2.00 bits per heavy atom. The molecule has 0 saturated carbocycles. The molecule has 1 heterocycles. The molecule has 0 unspecified atom stereocenters. The molecule has 0 N–H and O–H groups in total. The number of benzene rings is 1. The maximum absolute atomic E-state index is 7.20. The average Bonchev–Trinajstić information content (AvgIpc) is 2.63. The molecule has 1 aliphatic carbocycles. The highest BCUT2D eigenvalue weighted by atomic mass is 35.5. The molecule has 24 heavy (non-hydrogen) atoms. The smallest absolute Gasteiger partial charge is 0.190 e. The van der Waals surface area contributed by atoms with Gasteiger partial charge in [0, 0.05) is 12.2 Å². The van der Waals surface area contributed by atoms with E-state index in [9.17, 15) is 0 Å². The first-order valence-corrected chi connectivity index (χ1v) is 8.38. The second kappa shape index (κ2) is 7.61. The Labute approximate surface area is 146 Å². The van der Waals surface area contributed by atoms with Crippen LogP contribution in [0.1, 0.15) is 30.9 Å². The molecule has 0 fully saturated rings. The van der Waals surface area contributed by atoms with Crippen LogP contribution < -0.4 is 4.74 Å². The van der Waals surface area contributed by atoms with Crippen molar-refractivity contribution in [2.45, 2.75) is 32.6 Å². The summed E-state index contributed by atoms with van der Waals surface area (Å²) in [5.74, 6) is 0.585. The minimum Gasteiger partial charge on any atom is -0.468 e. The molecule has 1 aromatic carbocycles. The zero-order valence-electron chi connectivity index (χ0n) is 13.5. The zero-order chi connectivity index (χ0) is 16.9. The minimum absolute atomic E-state index is 0.133. The topological polar surface area (TPSA) is 48.6 Å². The first-order valence-electron chi connectivity index (χ1n) is 8.01. The maximum Gasteiger partial charge on any atom is 0.190 e. The fraction of sp³-hybridized carbons (Fsp3) is 0.389. The Kier molecular flexibility index (Phi) is 5.29. The van der Waals surface area contributed by atoms with E-state index < -0.39 is 0 Å². The van der Waals surface area contributed by atoms with E-state index in [4.69, 9.17) is 27.6 Å². The van der Waals surface area contributed by atoms with Crippen molar-refractivity contribution in [3.8, 4) is 17.0 Å². The van der Waals surface area contributed by atoms with Gasteiger partial charge < -0.3 is 9.47 Å². The van der Waals surface area contributed by atoms with E-state index >= 15 is 0 Å². The summed E-state index contributed by atoms with van der Waals surface area (Å²) in [5, 5.41) is 8.93. The normalized spacial score (nSPS) is 13.2. The lowest BCUT2D eigenvalue weighted by atomic mass is 9.90. The molecule has 1 aromatic heterocycles. The highest BCUT2D eigenvalue weighted by Gasteiger charge is 2.21. The Hall–Kier alpha value is -2.16. The fourth-order valence-corrected chi connectivity index (χ4v) is 3.16. The third-order valence-corrected chi connectivity index (χ3v) is 4.40. The number of nitrogens with zero attached hydrogens (tertiary/aromatic N) is 3.